The predicted octanol–water partition coefficient (Wildman–Crippen LogP) is 3.50. The minimum Gasteiger partial charge on any atom is -0.465 e. The van der Waals surface area contributed by atoms with Crippen molar-refractivity contribution in [2.45, 2.75) is 12.9 Å². The zero-order chi connectivity index (χ0) is 20.0. The summed E-state index contributed by atoms with van der Waals surface area (Å²) in [5.41, 5.74) is 0.613. The van der Waals surface area contributed by atoms with E-state index in [-0.39, 0.29) is 29.3 Å². The summed E-state index contributed by atoms with van der Waals surface area (Å²) in [6.45, 7) is -0.0377. The van der Waals surface area contributed by atoms with Crippen LogP contribution in [-0.4, -0.2) is 43.8 Å². The molecular formula is C17H17F3N2O4S. The number of thiophene rings is 1. The fraction of sp³-hybridized carbons (Fsp3) is 0.294. The second kappa shape index (κ2) is 8.87. The van der Waals surface area contributed by atoms with Crippen molar-refractivity contribution in [3.05, 3.63) is 46.2 Å². The van der Waals surface area contributed by atoms with Crippen LogP contribution in [0.3, 0.4) is 0 Å². The SMILES string of the molecule is COC(=O)c1sccc1NC(=O)CN(C)Cc1ccccc1OC(F)(F)F. The molecule has 2 rings (SSSR count). The number of alkyl halides is 3. The molecule has 1 amide bonds. The maximum Gasteiger partial charge on any atom is 0.573 e. The Balaban J connectivity index is 1.98. The lowest BCUT2D eigenvalue weighted by Crippen LogP contribution is -2.30. The van der Waals surface area contributed by atoms with E-state index in [0.717, 1.165) is 11.3 Å². The van der Waals surface area contributed by atoms with Crippen molar-refractivity contribution in [3.8, 4) is 5.75 Å². The number of rotatable bonds is 7. The molecule has 0 aliphatic carbocycles. The number of benzene rings is 1. The maximum atomic E-state index is 12.5. The van der Waals surface area contributed by atoms with Crippen molar-refractivity contribution in [2.75, 3.05) is 26.0 Å². The highest BCUT2D eigenvalue weighted by Crippen LogP contribution is 2.27. The van der Waals surface area contributed by atoms with Gasteiger partial charge in [0, 0.05) is 12.1 Å². The van der Waals surface area contributed by atoms with Crippen molar-refractivity contribution in [3.63, 3.8) is 0 Å². The first-order valence-electron chi connectivity index (χ1n) is 7.67. The fourth-order valence-corrected chi connectivity index (χ4v) is 3.06. The highest BCUT2D eigenvalue weighted by Gasteiger charge is 2.32. The van der Waals surface area contributed by atoms with Gasteiger partial charge in [0.25, 0.3) is 0 Å². The average Bonchev–Trinajstić information content (AvgIpc) is 3.02. The van der Waals surface area contributed by atoms with E-state index in [0.29, 0.717) is 5.69 Å². The summed E-state index contributed by atoms with van der Waals surface area (Å²) in [4.78, 5) is 25.6. The smallest absolute Gasteiger partial charge is 0.465 e. The fourth-order valence-electron chi connectivity index (χ4n) is 2.30. The summed E-state index contributed by atoms with van der Waals surface area (Å²) in [5, 5.41) is 4.23. The summed E-state index contributed by atoms with van der Waals surface area (Å²) in [6, 6.07) is 7.29. The Kier molecular flexibility index (Phi) is 6.81. The number of amides is 1. The number of hydrogen-bond donors (Lipinski definition) is 1. The van der Waals surface area contributed by atoms with E-state index in [1.54, 1.807) is 24.6 Å². The number of anilines is 1. The first-order valence-corrected chi connectivity index (χ1v) is 8.55. The van der Waals surface area contributed by atoms with Gasteiger partial charge in [0.2, 0.25) is 5.91 Å². The summed E-state index contributed by atoms with van der Waals surface area (Å²) in [5.74, 6) is -1.30. The summed E-state index contributed by atoms with van der Waals surface area (Å²) < 4.78 is 46.1. The van der Waals surface area contributed by atoms with Gasteiger partial charge in [-0.15, -0.1) is 24.5 Å². The van der Waals surface area contributed by atoms with E-state index < -0.39 is 18.2 Å². The van der Waals surface area contributed by atoms with Gasteiger partial charge in [0.15, 0.2) is 0 Å². The van der Waals surface area contributed by atoms with Crippen molar-refractivity contribution < 1.29 is 32.2 Å². The number of carbonyl (C=O) groups is 2. The number of nitrogens with zero attached hydrogens (tertiary/aromatic N) is 1. The molecule has 0 saturated heterocycles. The number of ether oxygens (including phenoxy) is 2. The largest absolute Gasteiger partial charge is 0.573 e. The molecule has 1 heterocycles. The standard InChI is InChI=1S/C17H17F3N2O4S/c1-22(9-11-5-3-4-6-13(11)26-17(18,19)20)10-14(23)21-12-7-8-27-15(12)16(24)25-2/h3-8H,9-10H2,1-2H3,(H,21,23). The topological polar surface area (TPSA) is 67.9 Å². The molecule has 10 heteroatoms. The molecule has 0 atom stereocenters. The van der Waals surface area contributed by atoms with Crippen LogP contribution in [0.15, 0.2) is 35.7 Å². The monoisotopic (exact) mass is 402 g/mol. The van der Waals surface area contributed by atoms with Gasteiger partial charge >= 0.3 is 12.3 Å². The van der Waals surface area contributed by atoms with Crippen LogP contribution in [0.4, 0.5) is 18.9 Å². The second-order valence-corrected chi connectivity index (χ2v) is 6.45. The van der Waals surface area contributed by atoms with Gasteiger partial charge in [-0.25, -0.2) is 4.79 Å². The molecule has 0 saturated carbocycles. The first kappa shape index (κ1) is 20.7. The minimum atomic E-state index is -4.80. The molecule has 0 aliphatic rings. The van der Waals surface area contributed by atoms with Crippen LogP contribution >= 0.6 is 11.3 Å². The summed E-state index contributed by atoms with van der Waals surface area (Å²) in [7, 11) is 2.82. The Morgan fingerprint density at radius 3 is 2.59 bits per heavy atom. The van der Waals surface area contributed by atoms with Crippen LogP contribution in [0.5, 0.6) is 5.75 Å². The molecule has 27 heavy (non-hydrogen) atoms. The van der Waals surface area contributed by atoms with Gasteiger partial charge < -0.3 is 14.8 Å². The molecular weight excluding hydrogens is 385 g/mol. The number of halogens is 3. The van der Waals surface area contributed by atoms with Gasteiger partial charge in [-0.1, -0.05) is 18.2 Å². The Morgan fingerprint density at radius 2 is 1.93 bits per heavy atom. The van der Waals surface area contributed by atoms with Crippen LogP contribution in [0.1, 0.15) is 15.2 Å². The van der Waals surface area contributed by atoms with Gasteiger partial charge in [-0.2, -0.15) is 0 Å². The quantitative estimate of drug-likeness (QED) is 0.718. The predicted molar refractivity (Wildman–Crippen MR) is 93.7 cm³/mol. The van der Waals surface area contributed by atoms with Crippen LogP contribution < -0.4 is 10.1 Å². The summed E-state index contributed by atoms with van der Waals surface area (Å²) in [6.07, 6.45) is -4.80. The van der Waals surface area contributed by atoms with E-state index in [1.165, 1.54) is 30.2 Å². The van der Waals surface area contributed by atoms with Crippen LogP contribution in [-0.2, 0) is 16.1 Å². The molecule has 0 aliphatic heterocycles. The van der Waals surface area contributed by atoms with E-state index in [4.69, 9.17) is 0 Å². The first-order chi connectivity index (χ1) is 12.7. The third-order valence-corrected chi connectivity index (χ3v) is 4.26. The molecule has 0 bridgehead atoms. The molecule has 6 nitrogen and oxygen atoms in total. The average molecular weight is 402 g/mol. The number of para-hydroxylation sites is 1. The Hall–Kier alpha value is -2.59. The van der Waals surface area contributed by atoms with E-state index in [9.17, 15) is 22.8 Å². The minimum absolute atomic E-state index is 0.0627. The molecule has 1 aromatic heterocycles. The highest BCUT2D eigenvalue weighted by atomic mass is 32.1. The third-order valence-electron chi connectivity index (χ3n) is 3.36. The number of methoxy groups -OCH3 is 1. The lowest BCUT2D eigenvalue weighted by Gasteiger charge is -2.19. The highest BCUT2D eigenvalue weighted by molar-refractivity contribution is 7.12. The normalized spacial score (nSPS) is 11.3. The molecule has 0 unspecified atom stereocenters. The van der Waals surface area contributed by atoms with Crippen molar-refractivity contribution >= 4 is 28.9 Å². The van der Waals surface area contributed by atoms with E-state index in [2.05, 4.69) is 14.8 Å². The zero-order valence-electron chi connectivity index (χ0n) is 14.5. The molecule has 0 fully saturated rings. The van der Waals surface area contributed by atoms with Crippen LogP contribution in [0, 0.1) is 0 Å². The molecule has 0 spiro atoms. The number of nitrogens with one attached hydrogen (secondary N) is 1. The Morgan fingerprint density at radius 1 is 1.22 bits per heavy atom. The van der Waals surface area contributed by atoms with Crippen LogP contribution in [0.25, 0.3) is 0 Å². The zero-order valence-corrected chi connectivity index (χ0v) is 15.3. The second-order valence-electron chi connectivity index (χ2n) is 5.53. The molecule has 1 aromatic carbocycles. The molecule has 146 valence electrons. The lowest BCUT2D eigenvalue weighted by molar-refractivity contribution is -0.275. The Labute approximate surface area is 157 Å². The Bertz CT molecular complexity index is 807. The summed E-state index contributed by atoms with van der Waals surface area (Å²) >= 11 is 1.13. The number of hydrogen-bond acceptors (Lipinski definition) is 6. The molecule has 1 N–H and O–H groups in total. The van der Waals surface area contributed by atoms with Gasteiger partial charge in [0.05, 0.1) is 19.3 Å². The van der Waals surface area contributed by atoms with Crippen molar-refractivity contribution in [1.29, 1.82) is 0 Å². The lowest BCUT2D eigenvalue weighted by atomic mass is 10.2. The third kappa shape index (κ3) is 6.26. The molecule has 0 radical (unpaired) electrons. The van der Waals surface area contributed by atoms with Gasteiger partial charge in [0.1, 0.15) is 10.6 Å². The van der Waals surface area contributed by atoms with Gasteiger partial charge in [-0.05, 0) is 24.6 Å². The maximum absolute atomic E-state index is 12.5. The van der Waals surface area contributed by atoms with Crippen LogP contribution in [0.2, 0.25) is 0 Å². The van der Waals surface area contributed by atoms with Crippen molar-refractivity contribution in [2.24, 2.45) is 0 Å². The van der Waals surface area contributed by atoms with E-state index in [1.807, 2.05) is 0 Å². The van der Waals surface area contributed by atoms with E-state index >= 15 is 0 Å². The van der Waals surface area contributed by atoms with Crippen molar-refractivity contribution in [1.82, 2.24) is 4.90 Å². The molecule has 2 aromatic rings. The number of esters is 1. The number of carbonyl (C=O) groups excluding carboxylic acids is 2. The van der Waals surface area contributed by atoms with Gasteiger partial charge in [-0.3, -0.25) is 9.69 Å². The number of likely N-dealkylation sites (N-methyl/N-ethyl adjacent to an activating group) is 1.